The number of benzene rings is 1. The van der Waals surface area contributed by atoms with E-state index in [2.05, 4.69) is 5.32 Å². The monoisotopic (exact) mass is 415 g/mol. The molecule has 0 radical (unpaired) electrons. The van der Waals surface area contributed by atoms with Gasteiger partial charge in [0.2, 0.25) is 0 Å². The highest BCUT2D eigenvalue weighted by atomic mass is 32.1. The molecule has 0 saturated heterocycles. The Hall–Kier alpha value is -2.80. The molecule has 0 saturated carbocycles. The Morgan fingerprint density at radius 3 is 2.34 bits per heavy atom. The van der Waals surface area contributed by atoms with E-state index >= 15 is 0 Å². The molecule has 2 rings (SSSR count). The Kier molecular flexibility index (Phi) is 8.27. The third-order valence-corrected chi connectivity index (χ3v) is 5.34. The van der Waals surface area contributed by atoms with Crippen LogP contribution in [0.25, 0.3) is 0 Å². The second-order valence-electron chi connectivity index (χ2n) is 6.83. The summed E-state index contributed by atoms with van der Waals surface area (Å²) in [7, 11) is 0. The maximum Gasteiger partial charge on any atom is 0.306 e. The van der Waals surface area contributed by atoms with Gasteiger partial charge in [0.15, 0.2) is 18.2 Å². The van der Waals surface area contributed by atoms with Gasteiger partial charge in [0, 0.05) is 21.7 Å². The van der Waals surface area contributed by atoms with Crippen LogP contribution in [0.1, 0.15) is 45.4 Å². The molecule has 1 aromatic heterocycles. The number of thiophene rings is 1. The number of Topliss-reactive ketones (excluding diaryl/α,β-unsaturated/α-hetero) is 2. The van der Waals surface area contributed by atoms with Crippen LogP contribution in [0.5, 0.6) is 0 Å². The number of esters is 1. The highest BCUT2D eigenvalue weighted by molar-refractivity contribution is 7.12. The summed E-state index contributed by atoms with van der Waals surface area (Å²) in [5, 5.41) is 2.59. The predicted octanol–water partition coefficient (Wildman–Crippen LogP) is 3.19. The summed E-state index contributed by atoms with van der Waals surface area (Å²) in [4.78, 5) is 49.9. The standard InChI is InChI=1S/C22H25NO5S/c1-14-11-18(16(3)29-14)20(25)9-10-22(27)28-13-21(26)23-19(15(2)24)12-17-7-5-4-6-8-17/h4-8,11,19H,9-10,12-13H2,1-3H3,(H,23,26)/t19-/m1/s1. The van der Waals surface area contributed by atoms with E-state index in [1.807, 2.05) is 50.2 Å². The fourth-order valence-electron chi connectivity index (χ4n) is 2.86. The number of ether oxygens (including phenoxy) is 1. The lowest BCUT2D eigenvalue weighted by Gasteiger charge is -2.16. The van der Waals surface area contributed by atoms with Gasteiger partial charge in [-0.15, -0.1) is 11.3 Å². The summed E-state index contributed by atoms with van der Waals surface area (Å²) in [5.41, 5.74) is 1.55. The summed E-state index contributed by atoms with van der Waals surface area (Å²) in [6, 6.07) is 10.5. The van der Waals surface area contributed by atoms with E-state index in [1.165, 1.54) is 18.3 Å². The molecular formula is C22H25NO5S. The van der Waals surface area contributed by atoms with Crippen molar-refractivity contribution in [3.8, 4) is 0 Å². The van der Waals surface area contributed by atoms with Gasteiger partial charge in [-0.2, -0.15) is 0 Å². The maximum absolute atomic E-state index is 12.2. The summed E-state index contributed by atoms with van der Waals surface area (Å²) in [6.07, 6.45) is 0.298. The van der Waals surface area contributed by atoms with Crippen LogP contribution in [0.4, 0.5) is 0 Å². The van der Waals surface area contributed by atoms with Crippen LogP contribution in [0.15, 0.2) is 36.4 Å². The lowest BCUT2D eigenvalue weighted by molar-refractivity contribution is -0.148. The summed E-state index contributed by atoms with van der Waals surface area (Å²) in [5.74, 6) is -1.47. The molecule has 0 spiro atoms. The van der Waals surface area contributed by atoms with Gasteiger partial charge in [-0.3, -0.25) is 19.2 Å². The second-order valence-corrected chi connectivity index (χ2v) is 8.29. The minimum absolute atomic E-state index is 0.0293. The van der Waals surface area contributed by atoms with E-state index in [0.717, 1.165) is 15.3 Å². The SMILES string of the molecule is CC(=O)[C@@H](Cc1ccccc1)NC(=O)COC(=O)CCC(=O)c1cc(C)sc1C. The molecule has 0 fully saturated rings. The average Bonchev–Trinajstić information content (AvgIpc) is 3.02. The minimum atomic E-state index is -0.685. The van der Waals surface area contributed by atoms with E-state index in [-0.39, 0.29) is 24.4 Å². The molecule has 0 aliphatic rings. The van der Waals surface area contributed by atoms with Crippen LogP contribution in [0.2, 0.25) is 0 Å². The number of aryl methyl sites for hydroxylation is 2. The summed E-state index contributed by atoms with van der Waals surface area (Å²) < 4.78 is 4.94. The van der Waals surface area contributed by atoms with Crippen molar-refractivity contribution < 1.29 is 23.9 Å². The maximum atomic E-state index is 12.2. The zero-order valence-corrected chi connectivity index (χ0v) is 17.6. The average molecular weight is 416 g/mol. The molecule has 154 valence electrons. The first-order valence-electron chi connectivity index (χ1n) is 9.36. The molecule has 0 aliphatic carbocycles. The Balaban J connectivity index is 1.76. The number of hydrogen-bond donors (Lipinski definition) is 1. The van der Waals surface area contributed by atoms with Crippen LogP contribution in [-0.4, -0.2) is 36.1 Å². The van der Waals surface area contributed by atoms with Crippen molar-refractivity contribution in [3.63, 3.8) is 0 Å². The highest BCUT2D eigenvalue weighted by Gasteiger charge is 2.19. The smallest absolute Gasteiger partial charge is 0.306 e. The molecule has 0 unspecified atom stereocenters. The van der Waals surface area contributed by atoms with Crippen molar-refractivity contribution in [1.29, 1.82) is 0 Å². The van der Waals surface area contributed by atoms with Crippen LogP contribution in [-0.2, 0) is 25.5 Å². The topological polar surface area (TPSA) is 89.5 Å². The van der Waals surface area contributed by atoms with Crippen LogP contribution in [0, 0.1) is 13.8 Å². The van der Waals surface area contributed by atoms with Gasteiger partial charge in [-0.1, -0.05) is 30.3 Å². The van der Waals surface area contributed by atoms with Crippen LogP contribution < -0.4 is 5.32 Å². The number of rotatable bonds is 10. The van der Waals surface area contributed by atoms with Gasteiger partial charge in [-0.05, 0) is 38.8 Å². The molecule has 1 aromatic carbocycles. The van der Waals surface area contributed by atoms with E-state index in [0.29, 0.717) is 12.0 Å². The Labute approximate surface area is 174 Å². The molecule has 7 heteroatoms. The molecule has 6 nitrogen and oxygen atoms in total. The fourth-order valence-corrected chi connectivity index (χ4v) is 3.80. The first kappa shape index (κ1) is 22.5. The number of carbonyl (C=O) groups excluding carboxylic acids is 4. The number of carbonyl (C=O) groups is 4. The van der Waals surface area contributed by atoms with Crippen LogP contribution in [0.3, 0.4) is 0 Å². The normalized spacial score (nSPS) is 11.6. The zero-order chi connectivity index (χ0) is 21.4. The quantitative estimate of drug-likeness (QED) is 0.475. The molecule has 1 atom stereocenters. The minimum Gasteiger partial charge on any atom is -0.456 e. The number of amides is 1. The molecule has 1 N–H and O–H groups in total. The van der Waals surface area contributed by atoms with E-state index in [1.54, 1.807) is 0 Å². The number of nitrogens with one attached hydrogen (secondary N) is 1. The lowest BCUT2D eigenvalue weighted by Crippen LogP contribution is -2.43. The van der Waals surface area contributed by atoms with Gasteiger partial charge in [-0.25, -0.2) is 0 Å². The van der Waals surface area contributed by atoms with E-state index in [9.17, 15) is 19.2 Å². The number of hydrogen-bond acceptors (Lipinski definition) is 6. The fraction of sp³-hybridized carbons (Fsp3) is 0.364. The Morgan fingerprint density at radius 1 is 1.07 bits per heavy atom. The molecular weight excluding hydrogens is 390 g/mol. The molecule has 1 heterocycles. The number of ketones is 2. The summed E-state index contributed by atoms with van der Waals surface area (Å²) >= 11 is 1.54. The third-order valence-electron chi connectivity index (χ3n) is 4.37. The summed E-state index contributed by atoms with van der Waals surface area (Å²) in [6.45, 7) is 4.71. The first-order valence-corrected chi connectivity index (χ1v) is 10.2. The zero-order valence-electron chi connectivity index (χ0n) is 16.8. The molecule has 1 amide bonds. The van der Waals surface area contributed by atoms with Crippen molar-refractivity contribution in [2.45, 2.75) is 46.1 Å². The third kappa shape index (κ3) is 7.27. The highest BCUT2D eigenvalue weighted by Crippen LogP contribution is 2.22. The van der Waals surface area contributed by atoms with Gasteiger partial charge < -0.3 is 10.1 Å². The largest absolute Gasteiger partial charge is 0.456 e. The van der Waals surface area contributed by atoms with Crippen molar-refractivity contribution in [3.05, 3.63) is 57.3 Å². The van der Waals surface area contributed by atoms with Gasteiger partial charge in [0.05, 0.1) is 12.5 Å². The van der Waals surface area contributed by atoms with E-state index in [4.69, 9.17) is 4.74 Å². The molecule has 0 bridgehead atoms. The van der Waals surface area contributed by atoms with Gasteiger partial charge in [0.25, 0.3) is 5.91 Å². The van der Waals surface area contributed by atoms with Crippen molar-refractivity contribution >= 4 is 34.8 Å². The predicted molar refractivity (Wildman–Crippen MR) is 111 cm³/mol. The molecule has 0 aliphatic heterocycles. The molecule has 29 heavy (non-hydrogen) atoms. The van der Waals surface area contributed by atoms with Crippen molar-refractivity contribution in [2.75, 3.05) is 6.61 Å². The Bertz CT molecular complexity index is 888. The van der Waals surface area contributed by atoms with Crippen LogP contribution >= 0.6 is 11.3 Å². The van der Waals surface area contributed by atoms with Crippen molar-refractivity contribution in [2.24, 2.45) is 0 Å². The van der Waals surface area contributed by atoms with Gasteiger partial charge >= 0.3 is 5.97 Å². The molecule has 2 aromatic rings. The lowest BCUT2D eigenvalue weighted by atomic mass is 10.0. The van der Waals surface area contributed by atoms with Crippen molar-refractivity contribution in [1.82, 2.24) is 5.32 Å². The van der Waals surface area contributed by atoms with Gasteiger partial charge in [0.1, 0.15) is 0 Å². The Morgan fingerprint density at radius 2 is 1.76 bits per heavy atom. The van der Waals surface area contributed by atoms with E-state index < -0.39 is 24.5 Å². The second kappa shape index (κ2) is 10.7. The first-order chi connectivity index (χ1) is 13.8.